The quantitative estimate of drug-likeness (QED) is 0.813. The Morgan fingerprint density at radius 3 is 2.25 bits per heavy atom. The van der Waals surface area contributed by atoms with E-state index in [1.807, 2.05) is 19.1 Å². The van der Waals surface area contributed by atoms with Crippen molar-refractivity contribution in [3.05, 3.63) is 24.3 Å². The molecule has 0 radical (unpaired) electrons. The third kappa shape index (κ3) is 5.06. The van der Waals surface area contributed by atoms with E-state index in [2.05, 4.69) is 38.2 Å². The zero-order valence-corrected chi connectivity index (χ0v) is 10.8. The molecule has 0 aliphatic rings. The maximum atomic E-state index is 5.39. The Morgan fingerprint density at radius 2 is 1.75 bits per heavy atom. The van der Waals surface area contributed by atoms with Gasteiger partial charge in [-0.2, -0.15) is 0 Å². The molecular weight excluding hydrogens is 198 g/mol. The molecule has 0 atom stereocenters. The normalized spacial score (nSPS) is 11.2. The van der Waals surface area contributed by atoms with Crippen molar-refractivity contribution in [2.75, 3.05) is 18.5 Å². The van der Waals surface area contributed by atoms with Crippen LogP contribution in [-0.2, 0) is 0 Å². The first-order valence-electron chi connectivity index (χ1n) is 5.98. The van der Waals surface area contributed by atoms with Gasteiger partial charge in [-0.3, -0.25) is 0 Å². The number of hydrogen-bond acceptors (Lipinski definition) is 2. The fourth-order valence-corrected chi connectivity index (χ4v) is 1.42. The van der Waals surface area contributed by atoms with Gasteiger partial charge in [0.2, 0.25) is 0 Å². The average molecular weight is 221 g/mol. The first-order valence-corrected chi connectivity index (χ1v) is 5.98. The van der Waals surface area contributed by atoms with Crippen LogP contribution in [0.15, 0.2) is 24.3 Å². The average Bonchev–Trinajstić information content (AvgIpc) is 2.19. The van der Waals surface area contributed by atoms with Gasteiger partial charge in [0.25, 0.3) is 0 Å². The van der Waals surface area contributed by atoms with E-state index in [4.69, 9.17) is 4.74 Å². The standard InChI is InChI=1S/C14H23NO/c1-5-16-13-8-6-12(7-9-13)15-11-10-14(2,3)4/h6-9,15H,5,10-11H2,1-4H3. The zero-order valence-electron chi connectivity index (χ0n) is 10.8. The molecule has 2 heteroatoms. The maximum absolute atomic E-state index is 5.39. The SMILES string of the molecule is CCOc1ccc(NCCC(C)(C)C)cc1. The summed E-state index contributed by atoms with van der Waals surface area (Å²) in [6.07, 6.45) is 1.17. The number of nitrogens with one attached hydrogen (secondary N) is 1. The minimum Gasteiger partial charge on any atom is -0.494 e. The molecule has 0 heterocycles. The molecule has 1 N–H and O–H groups in total. The highest BCUT2D eigenvalue weighted by Crippen LogP contribution is 2.19. The summed E-state index contributed by atoms with van der Waals surface area (Å²) in [5.74, 6) is 0.934. The van der Waals surface area contributed by atoms with E-state index >= 15 is 0 Å². The molecule has 0 aliphatic carbocycles. The highest BCUT2D eigenvalue weighted by Gasteiger charge is 2.08. The Bertz CT molecular complexity index is 298. The maximum Gasteiger partial charge on any atom is 0.119 e. The zero-order chi connectivity index (χ0) is 12.0. The number of anilines is 1. The molecular formula is C14H23NO. The van der Waals surface area contributed by atoms with E-state index < -0.39 is 0 Å². The highest BCUT2D eigenvalue weighted by atomic mass is 16.5. The van der Waals surface area contributed by atoms with E-state index in [0.29, 0.717) is 5.41 Å². The van der Waals surface area contributed by atoms with Crippen LogP contribution in [0.1, 0.15) is 34.1 Å². The van der Waals surface area contributed by atoms with Crippen molar-refractivity contribution >= 4 is 5.69 Å². The predicted octanol–water partition coefficient (Wildman–Crippen LogP) is 3.93. The lowest BCUT2D eigenvalue weighted by Gasteiger charge is -2.18. The summed E-state index contributed by atoms with van der Waals surface area (Å²) in [6.45, 7) is 10.5. The van der Waals surface area contributed by atoms with Crippen LogP contribution in [0.25, 0.3) is 0 Å². The number of rotatable bonds is 5. The second-order valence-corrected chi connectivity index (χ2v) is 5.19. The van der Waals surface area contributed by atoms with Gasteiger partial charge in [-0.05, 0) is 43.0 Å². The van der Waals surface area contributed by atoms with Gasteiger partial charge in [0.05, 0.1) is 6.61 Å². The Labute approximate surface area is 99.0 Å². The summed E-state index contributed by atoms with van der Waals surface area (Å²) in [5, 5.41) is 3.41. The number of hydrogen-bond donors (Lipinski definition) is 1. The van der Waals surface area contributed by atoms with E-state index in [1.165, 1.54) is 6.42 Å². The minimum absolute atomic E-state index is 0.387. The molecule has 0 aliphatic heterocycles. The molecule has 0 bridgehead atoms. The minimum atomic E-state index is 0.387. The van der Waals surface area contributed by atoms with Gasteiger partial charge >= 0.3 is 0 Å². The van der Waals surface area contributed by atoms with Crippen LogP contribution in [0, 0.1) is 5.41 Å². The molecule has 1 aromatic rings. The number of benzene rings is 1. The van der Waals surface area contributed by atoms with E-state index in [1.54, 1.807) is 0 Å². The predicted molar refractivity (Wildman–Crippen MR) is 70.2 cm³/mol. The largest absolute Gasteiger partial charge is 0.494 e. The van der Waals surface area contributed by atoms with Gasteiger partial charge < -0.3 is 10.1 Å². The number of ether oxygens (including phenoxy) is 1. The van der Waals surface area contributed by atoms with Crippen molar-refractivity contribution in [2.24, 2.45) is 5.41 Å². The molecule has 0 spiro atoms. The third-order valence-electron chi connectivity index (χ3n) is 2.37. The Morgan fingerprint density at radius 1 is 1.12 bits per heavy atom. The molecule has 0 saturated heterocycles. The lowest BCUT2D eigenvalue weighted by molar-refractivity contribution is 0.340. The summed E-state index contributed by atoms with van der Waals surface area (Å²) < 4.78 is 5.39. The first-order chi connectivity index (χ1) is 7.51. The Kier molecular flexibility index (Phi) is 4.66. The van der Waals surface area contributed by atoms with Crippen LogP contribution >= 0.6 is 0 Å². The summed E-state index contributed by atoms with van der Waals surface area (Å²) >= 11 is 0. The van der Waals surface area contributed by atoms with Gasteiger partial charge in [-0.1, -0.05) is 20.8 Å². The van der Waals surface area contributed by atoms with Crippen molar-refractivity contribution in [1.82, 2.24) is 0 Å². The molecule has 0 amide bonds. The van der Waals surface area contributed by atoms with Gasteiger partial charge in [-0.25, -0.2) is 0 Å². The molecule has 2 nitrogen and oxygen atoms in total. The van der Waals surface area contributed by atoms with Crippen molar-refractivity contribution in [3.8, 4) is 5.75 Å². The second-order valence-electron chi connectivity index (χ2n) is 5.19. The van der Waals surface area contributed by atoms with Gasteiger partial charge in [0.15, 0.2) is 0 Å². The van der Waals surface area contributed by atoms with Crippen LogP contribution < -0.4 is 10.1 Å². The smallest absolute Gasteiger partial charge is 0.119 e. The molecule has 90 valence electrons. The first kappa shape index (κ1) is 12.9. The Balaban J connectivity index is 2.37. The van der Waals surface area contributed by atoms with Crippen LogP contribution in [0.4, 0.5) is 5.69 Å². The van der Waals surface area contributed by atoms with Crippen molar-refractivity contribution in [1.29, 1.82) is 0 Å². The molecule has 1 rings (SSSR count). The van der Waals surface area contributed by atoms with E-state index in [9.17, 15) is 0 Å². The van der Waals surface area contributed by atoms with Gasteiger partial charge in [0, 0.05) is 12.2 Å². The monoisotopic (exact) mass is 221 g/mol. The molecule has 0 fully saturated rings. The van der Waals surface area contributed by atoms with Crippen molar-refractivity contribution in [2.45, 2.75) is 34.1 Å². The summed E-state index contributed by atoms with van der Waals surface area (Å²) in [7, 11) is 0. The molecule has 0 saturated carbocycles. The van der Waals surface area contributed by atoms with Gasteiger partial charge in [-0.15, -0.1) is 0 Å². The van der Waals surface area contributed by atoms with E-state index in [0.717, 1.165) is 24.6 Å². The van der Waals surface area contributed by atoms with Crippen LogP contribution in [0.3, 0.4) is 0 Å². The molecule has 16 heavy (non-hydrogen) atoms. The summed E-state index contributed by atoms with van der Waals surface area (Å²) in [6, 6.07) is 8.13. The summed E-state index contributed by atoms with van der Waals surface area (Å²) in [5.41, 5.74) is 1.55. The fraction of sp³-hybridized carbons (Fsp3) is 0.571. The topological polar surface area (TPSA) is 21.3 Å². The molecule has 1 aromatic carbocycles. The fourth-order valence-electron chi connectivity index (χ4n) is 1.42. The van der Waals surface area contributed by atoms with Crippen molar-refractivity contribution in [3.63, 3.8) is 0 Å². The Hall–Kier alpha value is -1.18. The third-order valence-corrected chi connectivity index (χ3v) is 2.37. The highest BCUT2D eigenvalue weighted by molar-refractivity contribution is 5.46. The van der Waals surface area contributed by atoms with E-state index in [-0.39, 0.29) is 0 Å². The van der Waals surface area contributed by atoms with Crippen LogP contribution in [0.2, 0.25) is 0 Å². The van der Waals surface area contributed by atoms with Crippen LogP contribution in [0.5, 0.6) is 5.75 Å². The molecule has 0 unspecified atom stereocenters. The van der Waals surface area contributed by atoms with Crippen LogP contribution in [-0.4, -0.2) is 13.2 Å². The van der Waals surface area contributed by atoms with Crippen molar-refractivity contribution < 1.29 is 4.74 Å². The lowest BCUT2D eigenvalue weighted by atomic mass is 9.92. The summed E-state index contributed by atoms with van der Waals surface area (Å²) in [4.78, 5) is 0. The van der Waals surface area contributed by atoms with Gasteiger partial charge in [0.1, 0.15) is 5.75 Å². The second kappa shape index (κ2) is 5.78. The lowest BCUT2D eigenvalue weighted by Crippen LogP contribution is -2.12. The molecule has 0 aromatic heterocycles.